The van der Waals surface area contributed by atoms with Crippen molar-refractivity contribution in [1.82, 2.24) is 10.0 Å². The number of hydrogen-bond donors (Lipinski definition) is 2. The van der Waals surface area contributed by atoms with E-state index in [2.05, 4.69) is 10.0 Å². The van der Waals surface area contributed by atoms with Gasteiger partial charge in [-0.1, -0.05) is 0 Å². The average Bonchev–Trinajstić information content (AvgIpc) is 2.27. The van der Waals surface area contributed by atoms with Crippen molar-refractivity contribution in [1.29, 1.82) is 0 Å². The summed E-state index contributed by atoms with van der Waals surface area (Å²) in [6.45, 7) is 2.36. The maximum Gasteiger partial charge on any atom is 0.212 e. The van der Waals surface area contributed by atoms with E-state index in [4.69, 9.17) is 0 Å². The van der Waals surface area contributed by atoms with Crippen LogP contribution in [-0.2, 0) is 19.9 Å². The van der Waals surface area contributed by atoms with Gasteiger partial charge in [-0.3, -0.25) is 0 Å². The molecule has 1 unspecified atom stereocenters. The molecule has 6 nitrogen and oxygen atoms in total. The summed E-state index contributed by atoms with van der Waals surface area (Å²) in [4.78, 5) is 0. The molecule has 0 saturated carbocycles. The smallest absolute Gasteiger partial charge is 0.212 e. The van der Waals surface area contributed by atoms with Gasteiger partial charge in [0.15, 0.2) is 0 Å². The quantitative estimate of drug-likeness (QED) is 0.651. The standard InChI is InChI=1S/C10H22N2O4S2/c1-17(13,14)7-8-18(15,16)12-6-4-10-3-2-5-11-9-10/h10-12H,2-9H2,1H3. The first-order valence-electron chi connectivity index (χ1n) is 6.14. The van der Waals surface area contributed by atoms with Gasteiger partial charge in [-0.15, -0.1) is 0 Å². The van der Waals surface area contributed by atoms with Crippen molar-refractivity contribution < 1.29 is 16.8 Å². The van der Waals surface area contributed by atoms with Crippen LogP contribution in [0, 0.1) is 5.92 Å². The lowest BCUT2D eigenvalue weighted by molar-refractivity contribution is 0.358. The average molecular weight is 298 g/mol. The number of sulfone groups is 1. The third-order valence-electron chi connectivity index (χ3n) is 3.00. The maximum atomic E-state index is 11.5. The predicted molar refractivity (Wildman–Crippen MR) is 71.7 cm³/mol. The van der Waals surface area contributed by atoms with Crippen LogP contribution in [0.1, 0.15) is 19.3 Å². The summed E-state index contributed by atoms with van der Waals surface area (Å²) < 4.78 is 47.3. The minimum absolute atomic E-state index is 0.326. The van der Waals surface area contributed by atoms with Gasteiger partial charge in [0.1, 0.15) is 9.84 Å². The van der Waals surface area contributed by atoms with Crippen LogP contribution in [-0.4, -0.2) is 54.2 Å². The van der Waals surface area contributed by atoms with Crippen LogP contribution in [0.15, 0.2) is 0 Å². The second-order valence-corrected chi connectivity index (χ2v) is 9.03. The van der Waals surface area contributed by atoms with Crippen molar-refractivity contribution in [2.45, 2.75) is 19.3 Å². The molecular weight excluding hydrogens is 276 g/mol. The van der Waals surface area contributed by atoms with Gasteiger partial charge >= 0.3 is 0 Å². The molecule has 0 bridgehead atoms. The highest BCUT2D eigenvalue weighted by Crippen LogP contribution is 2.12. The molecule has 0 radical (unpaired) electrons. The molecule has 1 fully saturated rings. The van der Waals surface area contributed by atoms with Crippen molar-refractivity contribution in [2.24, 2.45) is 5.92 Å². The van der Waals surface area contributed by atoms with Crippen molar-refractivity contribution in [3.63, 3.8) is 0 Å². The van der Waals surface area contributed by atoms with E-state index in [1.807, 2.05) is 0 Å². The van der Waals surface area contributed by atoms with Crippen LogP contribution in [0.4, 0.5) is 0 Å². The molecule has 1 heterocycles. The third-order valence-corrected chi connectivity index (χ3v) is 5.59. The molecule has 8 heteroatoms. The Morgan fingerprint density at radius 2 is 1.94 bits per heavy atom. The van der Waals surface area contributed by atoms with Crippen LogP contribution in [0.2, 0.25) is 0 Å². The second kappa shape index (κ2) is 6.83. The second-order valence-electron chi connectivity index (χ2n) is 4.84. The molecule has 1 aliphatic heterocycles. The number of rotatable bonds is 7. The Kier molecular flexibility index (Phi) is 6.03. The summed E-state index contributed by atoms with van der Waals surface area (Å²) >= 11 is 0. The molecule has 0 spiro atoms. The fourth-order valence-corrected chi connectivity index (χ4v) is 4.58. The van der Waals surface area contributed by atoms with Crippen molar-refractivity contribution in [3.8, 4) is 0 Å². The number of sulfonamides is 1. The highest BCUT2D eigenvalue weighted by atomic mass is 32.2. The summed E-state index contributed by atoms with van der Waals surface area (Å²) in [7, 11) is -6.70. The van der Waals surface area contributed by atoms with Gasteiger partial charge in [0, 0.05) is 12.8 Å². The summed E-state index contributed by atoms with van der Waals surface area (Å²) in [5.41, 5.74) is 0. The van der Waals surface area contributed by atoms with Gasteiger partial charge in [-0.05, 0) is 38.3 Å². The van der Waals surface area contributed by atoms with Gasteiger partial charge in [-0.25, -0.2) is 21.6 Å². The Morgan fingerprint density at radius 1 is 1.22 bits per heavy atom. The van der Waals surface area contributed by atoms with E-state index >= 15 is 0 Å². The lowest BCUT2D eigenvalue weighted by Crippen LogP contribution is -2.34. The summed E-state index contributed by atoms with van der Waals surface area (Å²) in [5, 5.41) is 3.27. The van der Waals surface area contributed by atoms with Gasteiger partial charge < -0.3 is 5.32 Å². The molecule has 0 aromatic carbocycles. The molecule has 108 valence electrons. The fraction of sp³-hybridized carbons (Fsp3) is 1.00. The van der Waals surface area contributed by atoms with E-state index < -0.39 is 19.9 Å². The Hall–Kier alpha value is -0.180. The molecule has 18 heavy (non-hydrogen) atoms. The van der Waals surface area contributed by atoms with Gasteiger partial charge in [-0.2, -0.15) is 0 Å². The van der Waals surface area contributed by atoms with E-state index in [1.54, 1.807) is 0 Å². The van der Waals surface area contributed by atoms with Gasteiger partial charge in [0.2, 0.25) is 10.0 Å². The lowest BCUT2D eigenvalue weighted by atomic mass is 9.96. The zero-order valence-electron chi connectivity index (χ0n) is 10.7. The van der Waals surface area contributed by atoms with Crippen LogP contribution in [0.5, 0.6) is 0 Å². The highest BCUT2D eigenvalue weighted by Gasteiger charge is 2.16. The topological polar surface area (TPSA) is 92.3 Å². The van der Waals surface area contributed by atoms with Gasteiger partial charge in [0.25, 0.3) is 0 Å². The monoisotopic (exact) mass is 298 g/mol. The van der Waals surface area contributed by atoms with Crippen molar-refractivity contribution >= 4 is 19.9 Å². The zero-order chi connectivity index (χ0) is 13.6. The van der Waals surface area contributed by atoms with E-state index in [9.17, 15) is 16.8 Å². The van der Waals surface area contributed by atoms with Crippen LogP contribution in [0.25, 0.3) is 0 Å². The Balaban J connectivity index is 2.24. The minimum atomic E-state index is -3.47. The normalized spacial score (nSPS) is 21.9. The van der Waals surface area contributed by atoms with E-state index in [0.29, 0.717) is 12.5 Å². The zero-order valence-corrected chi connectivity index (χ0v) is 12.3. The van der Waals surface area contributed by atoms with E-state index in [-0.39, 0.29) is 11.5 Å². The minimum Gasteiger partial charge on any atom is -0.316 e. The molecule has 2 N–H and O–H groups in total. The first kappa shape index (κ1) is 15.9. The predicted octanol–water partition coefficient (Wildman–Crippen LogP) is -0.660. The maximum absolute atomic E-state index is 11.5. The summed E-state index contributed by atoms with van der Waals surface area (Å²) in [5.74, 6) is -0.168. The Bertz CT molecular complexity index is 438. The number of piperidine rings is 1. The van der Waals surface area contributed by atoms with Crippen molar-refractivity contribution in [3.05, 3.63) is 0 Å². The highest BCUT2D eigenvalue weighted by molar-refractivity contribution is 7.93. The largest absolute Gasteiger partial charge is 0.316 e. The third kappa shape index (κ3) is 7.30. The molecule has 1 saturated heterocycles. The molecule has 0 aromatic heterocycles. The molecule has 0 aliphatic carbocycles. The van der Waals surface area contributed by atoms with Gasteiger partial charge in [0.05, 0.1) is 11.5 Å². The summed E-state index contributed by atoms with van der Waals surface area (Å²) in [6.07, 6.45) is 4.09. The van der Waals surface area contributed by atoms with E-state index in [0.717, 1.165) is 38.6 Å². The first-order chi connectivity index (χ1) is 8.29. The SMILES string of the molecule is CS(=O)(=O)CCS(=O)(=O)NCCC1CCCNC1. The van der Waals surface area contributed by atoms with Crippen LogP contribution in [0.3, 0.4) is 0 Å². The first-order valence-corrected chi connectivity index (χ1v) is 9.85. The van der Waals surface area contributed by atoms with Crippen LogP contribution < -0.4 is 10.0 Å². The molecule has 0 amide bonds. The molecular formula is C10H22N2O4S2. The summed E-state index contributed by atoms with van der Waals surface area (Å²) in [6, 6.07) is 0. The van der Waals surface area contributed by atoms with Crippen molar-refractivity contribution in [2.75, 3.05) is 37.4 Å². The number of nitrogens with one attached hydrogen (secondary N) is 2. The molecule has 0 aromatic rings. The van der Waals surface area contributed by atoms with E-state index in [1.165, 1.54) is 0 Å². The number of hydrogen-bond acceptors (Lipinski definition) is 5. The lowest BCUT2D eigenvalue weighted by Gasteiger charge is -2.22. The molecule has 1 atom stereocenters. The van der Waals surface area contributed by atoms with Crippen LogP contribution >= 0.6 is 0 Å². The molecule has 1 aliphatic rings. The fourth-order valence-electron chi connectivity index (χ4n) is 1.92. The Labute approximate surface area is 110 Å². The molecule has 1 rings (SSSR count). The Morgan fingerprint density at radius 3 is 2.50 bits per heavy atom.